The van der Waals surface area contributed by atoms with E-state index >= 15 is 0 Å². The summed E-state index contributed by atoms with van der Waals surface area (Å²) in [5, 5.41) is 19.8. The van der Waals surface area contributed by atoms with Gasteiger partial charge in [-0.3, -0.25) is 10.1 Å². The Bertz CT molecular complexity index is 724. The van der Waals surface area contributed by atoms with Crippen LogP contribution in [0.3, 0.4) is 0 Å². The Hall–Kier alpha value is -2.89. The van der Waals surface area contributed by atoms with E-state index in [1.807, 2.05) is 0 Å². The number of nitro benzene ring substituents is 1. The Morgan fingerprint density at radius 2 is 1.86 bits per heavy atom. The molecule has 0 unspecified atom stereocenters. The molecule has 0 bridgehead atoms. The molecule has 0 saturated carbocycles. The maximum Gasteiger partial charge on any atom is 0.335 e. The zero-order chi connectivity index (χ0) is 15.6. The summed E-state index contributed by atoms with van der Waals surface area (Å²) in [4.78, 5) is 21.3. The molecule has 2 rings (SSSR count). The third-order valence-corrected chi connectivity index (χ3v) is 3.03. The topological polar surface area (TPSA) is 89.7 Å². The zero-order valence-electron chi connectivity index (χ0n) is 11.5. The van der Waals surface area contributed by atoms with E-state index in [4.69, 9.17) is 9.84 Å². The number of hydrogen-bond donors (Lipinski definition) is 1. The van der Waals surface area contributed by atoms with E-state index in [0.717, 1.165) is 0 Å². The maximum absolute atomic E-state index is 10.9. The molecule has 0 fully saturated rings. The van der Waals surface area contributed by atoms with Gasteiger partial charge in [-0.2, -0.15) is 0 Å². The highest BCUT2D eigenvalue weighted by molar-refractivity contribution is 5.88. The lowest BCUT2D eigenvalue weighted by Gasteiger charge is -2.09. The number of nitrogens with zero attached hydrogens (tertiary/aromatic N) is 1. The van der Waals surface area contributed by atoms with Crippen LogP contribution in [0.5, 0.6) is 11.5 Å². The van der Waals surface area contributed by atoms with E-state index in [1.165, 1.54) is 24.3 Å². The molecule has 0 radical (unpaired) electrons. The molecule has 0 atom stereocenters. The monoisotopic (exact) mass is 287 g/mol. The Morgan fingerprint density at radius 3 is 2.43 bits per heavy atom. The minimum atomic E-state index is -1.02. The van der Waals surface area contributed by atoms with Gasteiger partial charge in [-0.15, -0.1) is 0 Å². The Kier molecular flexibility index (Phi) is 3.89. The Balaban J connectivity index is 2.32. The summed E-state index contributed by atoms with van der Waals surface area (Å²) in [5.74, 6) is -0.229. The molecule has 6 heteroatoms. The quantitative estimate of drug-likeness (QED) is 0.684. The van der Waals surface area contributed by atoms with Crippen molar-refractivity contribution in [2.24, 2.45) is 0 Å². The third kappa shape index (κ3) is 3.17. The van der Waals surface area contributed by atoms with E-state index in [9.17, 15) is 14.9 Å². The van der Waals surface area contributed by atoms with Crippen LogP contribution in [0.2, 0.25) is 0 Å². The van der Waals surface area contributed by atoms with Crippen LogP contribution in [0.1, 0.15) is 21.5 Å². The molecule has 6 nitrogen and oxygen atoms in total. The van der Waals surface area contributed by atoms with E-state index in [1.54, 1.807) is 26.0 Å². The third-order valence-electron chi connectivity index (χ3n) is 3.03. The molecular formula is C15H13NO5. The highest BCUT2D eigenvalue weighted by Gasteiger charge is 2.13. The van der Waals surface area contributed by atoms with Crippen LogP contribution in [0.4, 0.5) is 5.69 Å². The first-order chi connectivity index (χ1) is 9.88. The predicted octanol–water partition coefficient (Wildman–Crippen LogP) is 3.70. The minimum absolute atomic E-state index is 0.0210. The summed E-state index contributed by atoms with van der Waals surface area (Å²) in [6, 6.07) is 9.03. The second-order valence-electron chi connectivity index (χ2n) is 4.59. The van der Waals surface area contributed by atoms with Crippen LogP contribution >= 0.6 is 0 Å². The molecule has 0 aliphatic carbocycles. The predicted molar refractivity (Wildman–Crippen MR) is 76.0 cm³/mol. The van der Waals surface area contributed by atoms with Crippen LogP contribution in [-0.4, -0.2) is 16.0 Å². The van der Waals surface area contributed by atoms with E-state index < -0.39 is 10.9 Å². The minimum Gasteiger partial charge on any atom is -0.478 e. The van der Waals surface area contributed by atoms with Crippen LogP contribution in [0, 0.1) is 24.0 Å². The molecule has 1 N–H and O–H groups in total. The second-order valence-corrected chi connectivity index (χ2v) is 4.59. The van der Waals surface area contributed by atoms with Crippen molar-refractivity contribution < 1.29 is 19.6 Å². The summed E-state index contributed by atoms with van der Waals surface area (Å²) in [6.45, 7) is 3.36. The SMILES string of the molecule is Cc1cc(C(=O)O)ccc1Oc1ccc(C)c([N+](=O)[O-])c1. The van der Waals surface area contributed by atoms with Crippen molar-refractivity contribution in [1.29, 1.82) is 0 Å². The lowest BCUT2D eigenvalue weighted by Crippen LogP contribution is -1.98. The van der Waals surface area contributed by atoms with Gasteiger partial charge in [0.05, 0.1) is 16.6 Å². The van der Waals surface area contributed by atoms with Gasteiger partial charge < -0.3 is 9.84 Å². The molecule has 0 aromatic heterocycles. The molecule has 0 saturated heterocycles. The fraction of sp³-hybridized carbons (Fsp3) is 0.133. The van der Waals surface area contributed by atoms with E-state index in [2.05, 4.69) is 0 Å². The van der Waals surface area contributed by atoms with Crippen LogP contribution in [0.25, 0.3) is 0 Å². The molecule has 21 heavy (non-hydrogen) atoms. The van der Waals surface area contributed by atoms with Crippen molar-refractivity contribution in [1.82, 2.24) is 0 Å². The molecular weight excluding hydrogens is 274 g/mol. The van der Waals surface area contributed by atoms with Gasteiger partial charge in [0.1, 0.15) is 11.5 Å². The van der Waals surface area contributed by atoms with Crippen molar-refractivity contribution >= 4 is 11.7 Å². The highest BCUT2D eigenvalue weighted by Crippen LogP contribution is 2.30. The number of benzene rings is 2. The molecule has 0 spiro atoms. The van der Waals surface area contributed by atoms with E-state index in [-0.39, 0.29) is 11.3 Å². The molecule has 0 aliphatic heterocycles. The second kappa shape index (κ2) is 5.62. The number of carboxylic acid groups (broad SMARTS) is 1. The van der Waals surface area contributed by atoms with Crippen LogP contribution in [0.15, 0.2) is 36.4 Å². The van der Waals surface area contributed by atoms with Crippen molar-refractivity contribution in [2.45, 2.75) is 13.8 Å². The summed E-state index contributed by atoms with van der Waals surface area (Å²) < 4.78 is 5.59. The van der Waals surface area contributed by atoms with Crippen molar-refractivity contribution in [3.63, 3.8) is 0 Å². The largest absolute Gasteiger partial charge is 0.478 e. The number of hydrogen-bond acceptors (Lipinski definition) is 4. The first-order valence-electron chi connectivity index (χ1n) is 6.15. The van der Waals surface area contributed by atoms with Crippen molar-refractivity contribution in [3.8, 4) is 11.5 Å². The zero-order valence-corrected chi connectivity index (χ0v) is 11.5. The van der Waals surface area contributed by atoms with Gasteiger partial charge in [0, 0.05) is 5.56 Å². The molecule has 2 aromatic carbocycles. The number of aryl methyl sites for hydroxylation is 2. The van der Waals surface area contributed by atoms with Gasteiger partial charge in [0.2, 0.25) is 0 Å². The fourth-order valence-electron chi connectivity index (χ4n) is 1.87. The molecule has 2 aromatic rings. The molecule has 108 valence electrons. The Labute approximate surface area is 120 Å². The number of aromatic carboxylic acids is 1. The lowest BCUT2D eigenvalue weighted by molar-refractivity contribution is -0.385. The van der Waals surface area contributed by atoms with E-state index in [0.29, 0.717) is 22.6 Å². The van der Waals surface area contributed by atoms with Gasteiger partial charge in [0.25, 0.3) is 5.69 Å². The summed E-state index contributed by atoms with van der Waals surface area (Å²) >= 11 is 0. The normalized spacial score (nSPS) is 10.2. The maximum atomic E-state index is 10.9. The number of carboxylic acids is 1. The average molecular weight is 287 g/mol. The first-order valence-corrected chi connectivity index (χ1v) is 6.15. The van der Waals surface area contributed by atoms with Gasteiger partial charge >= 0.3 is 5.97 Å². The Morgan fingerprint density at radius 1 is 1.14 bits per heavy atom. The van der Waals surface area contributed by atoms with Gasteiger partial charge in [-0.25, -0.2) is 4.79 Å². The standard InChI is InChI=1S/C15H13NO5/c1-9-3-5-12(8-13(9)16(19)20)21-14-6-4-11(15(17)18)7-10(14)2/h3-8H,1-2H3,(H,17,18). The number of ether oxygens (including phenoxy) is 1. The summed E-state index contributed by atoms with van der Waals surface area (Å²) in [7, 11) is 0. The average Bonchev–Trinajstić information content (AvgIpc) is 2.42. The lowest BCUT2D eigenvalue weighted by atomic mass is 10.1. The van der Waals surface area contributed by atoms with Gasteiger partial charge in [0.15, 0.2) is 0 Å². The molecule has 0 aliphatic rings. The first kappa shape index (κ1) is 14.5. The number of rotatable bonds is 4. The summed E-state index contributed by atoms with van der Waals surface area (Å²) in [5.41, 5.74) is 1.32. The summed E-state index contributed by atoms with van der Waals surface area (Å²) in [6.07, 6.45) is 0. The van der Waals surface area contributed by atoms with Crippen molar-refractivity contribution in [2.75, 3.05) is 0 Å². The molecule has 0 amide bonds. The smallest absolute Gasteiger partial charge is 0.335 e. The number of nitro groups is 1. The fourth-order valence-corrected chi connectivity index (χ4v) is 1.87. The van der Waals surface area contributed by atoms with Gasteiger partial charge in [-0.1, -0.05) is 0 Å². The van der Waals surface area contributed by atoms with Crippen molar-refractivity contribution in [3.05, 3.63) is 63.2 Å². The van der Waals surface area contributed by atoms with Crippen LogP contribution in [-0.2, 0) is 0 Å². The highest BCUT2D eigenvalue weighted by atomic mass is 16.6. The van der Waals surface area contributed by atoms with Gasteiger partial charge in [-0.05, 0) is 49.7 Å². The van der Waals surface area contributed by atoms with Crippen LogP contribution < -0.4 is 4.74 Å². The molecule has 0 heterocycles. The number of carbonyl (C=O) groups is 1.